The number of benzene rings is 1. The van der Waals surface area contributed by atoms with Crippen molar-refractivity contribution >= 4 is 22.6 Å². The number of hydrogen-bond donors (Lipinski definition) is 0. The van der Waals surface area contributed by atoms with Gasteiger partial charge in [-0.2, -0.15) is 10.1 Å². The van der Waals surface area contributed by atoms with Gasteiger partial charge in [-0.25, -0.2) is 4.98 Å². The average molecular weight is 369 g/mol. The topological polar surface area (TPSA) is 99.6 Å². The SMILES string of the molecule is O=c1c2ccnnc2ncn1Cc1nc(CCc2ccc(Cl)cc2)no1. The monoisotopic (exact) mass is 368 g/mol. The summed E-state index contributed by atoms with van der Waals surface area (Å²) in [5.41, 5.74) is 1.21. The van der Waals surface area contributed by atoms with E-state index in [9.17, 15) is 4.79 Å². The Morgan fingerprint density at radius 2 is 1.96 bits per heavy atom. The molecule has 0 aliphatic heterocycles. The predicted molar refractivity (Wildman–Crippen MR) is 93.9 cm³/mol. The maximum absolute atomic E-state index is 12.4. The van der Waals surface area contributed by atoms with Gasteiger partial charge < -0.3 is 4.52 Å². The molecule has 0 spiro atoms. The molecule has 0 saturated carbocycles. The van der Waals surface area contributed by atoms with Crippen LogP contribution >= 0.6 is 11.6 Å². The third kappa shape index (κ3) is 3.45. The molecule has 4 aromatic rings. The molecule has 0 unspecified atom stereocenters. The largest absolute Gasteiger partial charge is 0.337 e. The zero-order chi connectivity index (χ0) is 17.9. The van der Waals surface area contributed by atoms with E-state index in [1.807, 2.05) is 24.3 Å². The van der Waals surface area contributed by atoms with Crippen molar-refractivity contribution in [3.8, 4) is 0 Å². The highest BCUT2D eigenvalue weighted by Gasteiger charge is 2.11. The lowest BCUT2D eigenvalue weighted by atomic mass is 10.1. The summed E-state index contributed by atoms with van der Waals surface area (Å²) in [6.45, 7) is 0.151. The van der Waals surface area contributed by atoms with E-state index >= 15 is 0 Å². The standard InChI is InChI=1S/C17H13ClN6O2/c18-12-4-1-11(2-5-12)3-6-14-21-15(26-23-14)9-24-10-19-16-13(17(24)25)7-8-20-22-16/h1-2,4-5,7-8,10H,3,6,9H2. The van der Waals surface area contributed by atoms with Crippen molar-refractivity contribution in [2.45, 2.75) is 19.4 Å². The second kappa shape index (κ2) is 7.01. The second-order valence-electron chi connectivity index (χ2n) is 5.68. The summed E-state index contributed by atoms with van der Waals surface area (Å²) in [5.74, 6) is 0.934. The van der Waals surface area contributed by atoms with E-state index in [1.165, 1.54) is 17.1 Å². The minimum atomic E-state index is -0.231. The second-order valence-corrected chi connectivity index (χ2v) is 6.11. The molecule has 3 aromatic heterocycles. The molecule has 0 N–H and O–H groups in total. The first-order valence-corrected chi connectivity index (χ1v) is 8.29. The van der Waals surface area contributed by atoms with E-state index in [0.717, 1.165) is 12.0 Å². The predicted octanol–water partition coefficient (Wildman–Crippen LogP) is 2.06. The molecule has 1 aromatic carbocycles. The Balaban J connectivity index is 1.47. The summed E-state index contributed by atoms with van der Waals surface area (Å²) in [7, 11) is 0. The first kappa shape index (κ1) is 16.3. The Hall–Kier alpha value is -3.13. The van der Waals surface area contributed by atoms with Crippen LogP contribution in [-0.4, -0.2) is 29.9 Å². The summed E-state index contributed by atoms with van der Waals surface area (Å²) in [4.78, 5) is 20.9. The van der Waals surface area contributed by atoms with Crippen molar-refractivity contribution in [3.63, 3.8) is 0 Å². The molecule has 0 aliphatic rings. The third-order valence-electron chi connectivity index (χ3n) is 3.88. The number of hydrogen-bond acceptors (Lipinski definition) is 7. The Morgan fingerprint density at radius 3 is 2.81 bits per heavy atom. The fourth-order valence-corrected chi connectivity index (χ4v) is 2.67. The number of fused-ring (bicyclic) bond motifs is 1. The fourth-order valence-electron chi connectivity index (χ4n) is 2.54. The molecule has 0 fully saturated rings. The molecule has 4 rings (SSSR count). The average Bonchev–Trinajstić information content (AvgIpc) is 3.11. The Morgan fingerprint density at radius 1 is 1.12 bits per heavy atom. The van der Waals surface area contributed by atoms with Gasteiger partial charge in [-0.05, 0) is 30.2 Å². The van der Waals surface area contributed by atoms with Crippen LogP contribution in [0, 0.1) is 0 Å². The summed E-state index contributed by atoms with van der Waals surface area (Å²) < 4.78 is 6.65. The molecule has 0 aliphatic carbocycles. The van der Waals surface area contributed by atoms with Crippen molar-refractivity contribution in [2.75, 3.05) is 0 Å². The molecule has 3 heterocycles. The quantitative estimate of drug-likeness (QED) is 0.531. The normalized spacial score (nSPS) is 11.1. The minimum absolute atomic E-state index is 0.151. The van der Waals surface area contributed by atoms with E-state index in [1.54, 1.807) is 6.07 Å². The van der Waals surface area contributed by atoms with Gasteiger partial charge in [0, 0.05) is 11.4 Å². The van der Waals surface area contributed by atoms with Crippen LogP contribution in [0.5, 0.6) is 0 Å². The highest BCUT2D eigenvalue weighted by molar-refractivity contribution is 6.30. The van der Waals surface area contributed by atoms with Crippen molar-refractivity contribution in [1.29, 1.82) is 0 Å². The third-order valence-corrected chi connectivity index (χ3v) is 4.13. The summed E-state index contributed by atoms with van der Waals surface area (Å²) in [6, 6.07) is 9.21. The zero-order valence-electron chi connectivity index (χ0n) is 13.5. The van der Waals surface area contributed by atoms with Crippen LogP contribution in [0.2, 0.25) is 5.02 Å². The van der Waals surface area contributed by atoms with Gasteiger partial charge in [0.05, 0.1) is 11.6 Å². The molecule has 0 radical (unpaired) electrons. The van der Waals surface area contributed by atoms with Gasteiger partial charge in [0.15, 0.2) is 11.5 Å². The van der Waals surface area contributed by atoms with Gasteiger partial charge in [-0.3, -0.25) is 9.36 Å². The molecule has 0 amide bonds. The molecule has 9 heteroatoms. The molecular formula is C17H13ClN6O2. The highest BCUT2D eigenvalue weighted by atomic mass is 35.5. The van der Waals surface area contributed by atoms with Crippen LogP contribution in [0.3, 0.4) is 0 Å². The number of aromatic nitrogens is 6. The number of halogens is 1. The summed E-state index contributed by atoms with van der Waals surface area (Å²) >= 11 is 5.88. The van der Waals surface area contributed by atoms with Crippen molar-refractivity contribution in [1.82, 2.24) is 29.9 Å². The van der Waals surface area contributed by atoms with Crippen LogP contribution < -0.4 is 5.56 Å². The minimum Gasteiger partial charge on any atom is -0.337 e. The van der Waals surface area contributed by atoms with E-state index < -0.39 is 0 Å². The molecule has 130 valence electrons. The van der Waals surface area contributed by atoms with E-state index in [4.69, 9.17) is 16.1 Å². The lowest BCUT2D eigenvalue weighted by Crippen LogP contribution is -2.21. The van der Waals surface area contributed by atoms with Crippen LogP contribution in [0.25, 0.3) is 11.0 Å². The summed E-state index contributed by atoms with van der Waals surface area (Å²) in [6.07, 6.45) is 4.26. The fraction of sp³-hybridized carbons (Fsp3) is 0.176. The highest BCUT2D eigenvalue weighted by Crippen LogP contribution is 2.11. The van der Waals surface area contributed by atoms with Gasteiger partial charge in [0.2, 0.25) is 5.89 Å². The van der Waals surface area contributed by atoms with E-state index in [0.29, 0.717) is 34.2 Å². The molecule has 8 nitrogen and oxygen atoms in total. The van der Waals surface area contributed by atoms with Crippen molar-refractivity contribution < 1.29 is 4.52 Å². The first-order chi connectivity index (χ1) is 12.7. The number of rotatable bonds is 5. The van der Waals surface area contributed by atoms with Gasteiger partial charge in [-0.15, -0.1) is 5.10 Å². The lowest BCUT2D eigenvalue weighted by molar-refractivity contribution is 0.364. The summed E-state index contributed by atoms with van der Waals surface area (Å²) in [5, 5.41) is 12.6. The zero-order valence-corrected chi connectivity index (χ0v) is 14.3. The molecular weight excluding hydrogens is 356 g/mol. The van der Waals surface area contributed by atoms with Gasteiger partial charge in [0.25, 0.3) is 5.56 Å². The molecule has 26 heavy (non-hydrogen) atoms. The smallest absolute Gasteiger partial charge is 0.263 e. The van der Waals surface area contributed by atoms with Crippen LogP contribution in [0.1, 0.15) is 17.3 Å². The maximum atomic E-state index is 12.4. The van der Waals surface area contributed by atoms with Crippen molar-refractivity contribution in [3.05, 3.63) is 75.5 Å². The molecule has 0 atom stereocenters. The Kier molecular flexibility index (Phi) is 4.40. The van der Waals surface area contributed by atoms with Crippen LogP contribution in [0.4, 0.5) is 0 Å². The molecule has 0 bridgehead atoms. The van der Waals surface area contributed by atoms with E-state index in [-0.39, 0.29) is 12.1 Å². The van der Waals surface area contributed by atoms with Crippen LogP contribution in [0.15, 0.2) is 52.2 Å². The maximum Gasteiger partial charge on any atom is 0.263 e. The first-order valence-electron chi connectivity index (χ1n) is 7.92. The van der Waals surface area contributed by atoms with Gasteiger partial charge in [0.1, 0.15) is 12.9 Å². The Bertz CT molecular complexity index is 1110. The van der Waals surface area contributed by atoms with Gasteiger partial charge >= 0.3 is 0 Å². The number of aryl methyl sites for hydroxylation is 2. The van der Waals surface area contributed by atoms with Crippen molar-refractivity contribution in [2.24, 2.45) is 0 Å². The Labute approximate surface area is 152 Å². The lowest BCUT2D eigenvalue weighted by Gasteiger charge is -2.02. The number of nitrogens with zero attached hydrogens (tertiary/aromatic N) is 6. The molecule has 0 saturated heterocycles. The van der Waals surface area contributed by atoms with Crippen LogP contribution in [-0.2, 0) is 19.4 Å². The van der Waals surface area contributed by atoms with Gasteiger partial charge in [-0.1, -0.05) is 28.9 Å². The van der Waals surface area contributed by atoms with E-state index in [2.05, 4.69) is 25.3 Å².